The van der Waals surface area contributed by atoms with Gasteiger partial charge in [0.2, 0.25) is 0 Å². The molecule has 1 aliphatic rings. The topological polar surface area (TPSA) is 71.3 Å². The molecule has 1 amide bonds. The summed E-state index contributed by atoms with van der Waals surface area (Å²) < 4.78 is 2.61. The van der Waals surface area contributed by atoms with Gasteiger partial charge in [-0.2, -0.15) is 9.61 Å². The highest BCUT2D eigenvalue weighted by Crippen LogP contribution is 2.32. The standard InChI is InChI=1S/C28H25BrClN5OS/c1-37-21-11-9-20(10-12-21)28(36)32-16-19-6-4-5-18(13-19)15-31-26-14-25(22-7-2-3-8-24(22)30)34-27-23(29)17-33-35(26)27/h3-6,8-14,17,31H,2,7,15-16H2,1H3,(H,32,36). The van der Waals surface area contributed by atoms with Crippen molar-refractivity contribution in [1.82, 2.24) is 19.9 Å². The van der Waals surface area contributed by atoms with E-state index in [1.54, 1.807) is 22.5 Å². The number of rotatable bonds is 8. The van der Waals surface area contributed by atoms with Crippen molar-refractivity contribution in [2.75, 3.05) is 11.6 Å². The van der Waals surface area contributed by atoms with Crippen LogP contribution in [0.15, 0.2) is 87.3 Å². The number of aromatic nitrogens is 3. The lowest BCUT2D eigenvalue weighted by Gasteiger charge is -2.15. The molecule has 0 bridgehead atoms. The van der Waals surface area contributed by atoms with Crippen molar-refractivity contribution in [2.45, 2.75) is 30.8 Å². The Bertz CT molecular complexity index is 1510. The first kappa shape index (κ1) is 25.6. The molecule has 2 aromatic carbocycles. The predicted molar refractivity (Wildman–Crippen MR) is 155 cm³/mol. The second-order valence-corrected chi connectivity index (χ2v) is 10.7. The van der Waals surface area contributed by atoms with Gasteiger partial charge < -0.3 is 10.6 Å². The van der Waals surface area contributed by atoms with Crippen LogP contribution in [0.1, 0.15) is 40.0 Å². The largest absolute Gasteiger partial charge is 0.366 e. The number of hydrogen-bond acceptors (Lipinski definition) is 5. The quantitative estimate of drug-likeness (QED) is 0.214. The summed E-state index contributed by atoms with van der Waals surface area (Å²) in [5, 5.41) is 11.7. The van der Waals surface area contributed by atoms with Crippen LogP contribution < -0.4 is 10.6 Å². The summed E-state index contributed by atoms with van der Waals surface area (Å²) in [6.45, 7) is 1.04. The molecule has 0 fully saturated rings. The maximum absolute atomic E-state index is 12.6. The molecule has 0 radical (unpaired) electrons. The van der Waals surface area contributed by atoms with E-state index >= 15 is 0 Å². The molecule has 9 heteroatoms. The Morgan fingerprint density at radius 1 is 1.14 bits per heavy atom. The predicted octanol–water partition coefficient (Wildman–Crippen LogP) is 7.06. The second-order valence-electron chi connectivity index (χ2n) is 8.61. The molecule has 0 saturated heterocycles. The van der Waals surface area contributed by atoms with Crippen molar-refractivity contribution < 1.29 is 4.79 Å². The molecule has 37 heavy (non-hydrogen) atoms. The van der Waals surface area contributed by atoms with Crippen LogP contribution in [-0.4, -0.2) is 26.8 Å². The van der Waals surface area contributed by atoms with Gasteiger partial charge in [-0.3, -0.25) is 4.79 Å². The monoisotopic (exact) mass is 593 g/mol. The lowest BCUT2D eigenvalue weighted by molar-refractivity contribution is 0.0951. The number of allylic oxidation sites excluding steroid dienone is 4. The average molecular weight is 595 g/mol. The molecule has 5 rings (SSSR count). The Morgan fingerprint density at radius 2 is 1.92 bits per heavy atom. The fraction of sp³-hybridized carbons (Fsp3) is 0.179. The highest BCUT2D eigenvalue weighted by molar-refractivity contribution is 9.10. The van der Waals surface area contributed by atoms with E-state index in [0.29, 0.717) is 18.7 Å². The van der Waals surface area contributed by atoms with Crippen molar-refractivity contribution in [3.63, 3.8) is 0 Å². The highest BCUT2D eigenvalue weighted by atomic mass is 79.9. The zero-order valence-electron chi connectivity index (χ0n) is 20.2. The Hall–Kier alpha value is -3.07. The molecule has 0 spiro atoms. The molecular weight excluding hydrogens is 570 g/mol. The molecule has 2 heterocycles. The van der Waals surface area contributed by atoms with Crippen LogP contribution in [0.2, 0.25) is 0 Å². The van der Waals surface area contributed by atoms with E-state index in [9.17, 15) is 4.79 Å². The number of thioether (sulfide) groups is 1. The van der Waals surface area contributed by atoms with Gasteiger partial charge in [0.05, 0.1) is 16.4 Å². The Kier molecular flexibility index (Phi) is 7.98. The van der Waals surface area contributed by atoms with E-state index < -0.39 is 0 Å². The van der Waals surface area contributed by atoms with Gasteiger partial charge >= 0.3 is 0 Å². The maximum Gasteiger partial charge on any atom is 0.251 e. The molecule has 6 nitrogen and oxygen atoms in total. The first-order valence-electron chi connectivity index (χ1n) is 11.9. The fourth-order valence-corrected chi connectivity index (χ4v) is 5.21. The number of nitrogens with one attached hydrogen (secondary N) is 2. The van der Waals surface area contributed by atoms with Crippen molar-refractivity contribution >= 4 is 62.2 Å². The molecule has 188 valence electrons. The molecule has 2 aromatic heterocycles. The first-order valence-corrected chi connectivity index (χ1v) is 14.2. The van der Waals surface area contributed by atoms with Gasteiger partial charge in [0, 0.05) is 34.6 Å². The number of amides is 1. The van der Waals surface area contributed by atoms with Crippen molar-refractivity contribution in [3.05, 3.63) is 105 Å². The second kappa shape index (κ2) is 11.5. The van der Waals surface area contributed by atoms with Crippen LogP contribution in [0.25, 0.3) is 11.2 Å². The molecule has 1 aliphatic carbocycles. The third-order valence-electron chi connectivity index (χ3n) is 6.12. The number of fused-ring (bicyclic) bond motifs is 1. The Morgan fingerprint density at radius 3 is 2.68 bits per heavy atom. The minimum absolute atomic E-state index is 0.0855. The van der Waals surface area contributed by atoms with Crippen LogP contribution >= 0.6 is 39.3 Å². The molecular formula is C28H25BrClN5OS. The number of hydrogen-bond donors (Lipinski definition) is 2. The van der Waals surface area contributed by atoms with E-state index in [-0.39, 0.29) is 5.91 Å². The third kappa shape index (κ3) is 5.92. The van der Waals surface area contributed by atoms with Crippen LogP contribution in [0.5, 0.6) is 0 Å². The van der Waals surface area contributed by atoms with Gasteiger partial charge in [-0.25, -0.2) is 4.98 Å². The molecule has 0 unspecified atom stereocenters. The number of anilines is 1. The van der Waals surface area contributed by atoms with E-state index in [1.807, 2.05) is 54.8 Å². The van der Waals surface area contributed by atoms with Gasteiger partial charge in [0.25, 0.3) is 5.91 Å². The van der Waals surface area contributed by atoms with Gasteiger partial charge in [0.1, 0.15) is 5.82 Å². The fourth-order valence-electron chi connectivity index (χ4n) is 4.17. The number of carbonyl (C=O) groups excluding carboxylic acids is 1. The van der Waals surface area contributed by atoms with Crippen LogP contribution in [0.3, 0.4) is 0 Å². The molecule has 0 aliphatic heterocycles. The summed E-state index contributed by atoms with van der Waals surface area (Å²) >= 11 is 11.7. The molecule has 0 saturated carbocycles. The number of benzene rings is 2. The van der Waals surface area contributed by atoms with Gasteiger partial charge in [-0.05, 0) is 82.1 Å². The van der Waals surface area contributed by atoms with E-state index in [1.165, 1.54) is 0 Å². The summed E-state index contributed by atoms with van der Waals surface area (Å²) in [7, 11) is 0. The normalized spacial score (nSPS) is 13.3. The number of halogens is 2. The molecule has 4 aromatic rings. The van der Waals surface area contributed by atoms with E-state index in [4.69, 9.17) is 16.6 Å². The van der Waals surface area contributed by atoms with E-state index in [0.717, 1.165) is 61.1 Å². The first-order chi connectivity index (χ1) is 18.0. The summed E-state index contributed by atoms with van der Waals surface area (Å²) in [5.74, 6) is 0.738. The van der Waals surface area contributed by atoms with Gasteiger partial charge in [-0.15, -0.1) is 11.8 Å². The Labute approximate surface area is 233 Å². The van der Waals surface area contributed by atoms with Crippen molar-refractivity contribution in [1.29, 1.82) is 0 Å². The van der Waals surface area contributed by atoms with Crippen LogP contribution in [0.4, 0.5) is 5.82 Å². The lowest BCUT2D eigenvalue weighted by Crippen LogP contribution is -2.22. The Balaban J connectivity index is 1.30. The number of carbonyl (C=O) groups is 1. The molecule has 0 atom stereocenters. The minimum atomic E-state index is -0.0855. The summed E-state index contributed by atoms with van der Waals surface area (Å²) in [5.41, 5.74) is 5.38. The van der Waals surface area contributed by atoms with Crippen LogP contribution in [-0.2, 0) is 13.1 Å². The van der Waals surface area contributed by atoms with Gasteiger partial charge in [0.15, 0.2) is 5.65 Å². The van der Waals surface area contributed by atoms with Crippen molar-refractivity contribution in [3.8, 4) is 0 Å². The average Bonchev–Trinajstić information content (AvgIpc) is 3.31. The lowest BCUT2D eigenvalue weighted by atomic mass is 10.0. The summed E-state index contributed by atoms with van der Waals surface area (Å²) in [4.78, 5) is 18.5. The zero-order valence-corrected chi connectivity index (χ0v) is 23.3. The zero-order chi connectivity index (χ0) is 25.8. The van der Waals surface area contributed by atoms with Crippen molar-refractivity contribution in [2.24, 2.45) is 0 Å². The summed E-state index contributed by atoms with van der Waals surface area (Å²) in [6.07, 6.45) is 9.56. The minimum Gasteiger partial charge on any atom is -0.366 e. The SMILES string of the molecule is CSc1ccc(C(=O)NCc2cccc(CNc3cc(C4=C(Cl)C=CCC4)nc4c(Br)cnn34)c2)cc1. The van der Waals surface area contributed by atoms with Crippen LogP contribution in [0, 0.1) is 0 Å². The van der Waals surface area contributed by atoms with Gasteiger partial charge in [-0.1, -0.05) is 41.9 Å². The maximum atomic E-state index is 12.6. The molecule has 2 N–H and O–H groups in total. The third-order valence-corrected chi connectivity index (χ3v) is 7.78. The number of nitrogens with zero attached hydrogens (tertiary/aromatic N) is 3. The van der Waals surface area contributed by atoms with E-state index in [2.05, 4.69) is 49.9 Å². The highest BCUT2D eigenvalue weighted by Gasteiger charge is 2.16. The summed E-state index contributed by atoms with van der Waals surface area (Å²) in [6, 6.07) is 17.8. The smallest absolute Gasteiger partial charge is 0.251 e.